The molecule has 1 rings (SSSR count). The molecule has 16 heavy (non-hydrogen) atoms. The molecule has 0 aromatic heterocycles. The monoisotopic (exact) mass is 222 g/mol. The van der Waals surface area contributed by atoms with Gasteiger partial charge in [-0.05, 0) is 25.8 Å². The summed E-state index contributed by atoms with van der Waals surface area (Å²) < 4.78 is 0. The van der Waals surface area contributed by atoms with Crippen LogP contribution in [0.25, 0.3) is 10.4 Å². The number of carbonyl (C=O) groups is 2. The van der Waals surface area contributed by atoms with Gasteiger partial charge in [0.05, 0.1) is 0 Å². The quantitative estimate of drug-likeness (QED) is 0.176. The second-order valence-electron chi connectivity index (χ2n) is 3.88. The smallest absolute Gasteiger partial charge is 0.234 e. The molecule has 0 aliphatic carbocycles. The largest absolute Gasteiger partial charge is 0.331 e. The van der Waals surface area contributed by atoms with Crippen molar-refractivity contribution in [1.82, 2.24) is 4.90 Å². The Morgan fingerprint density at radius 1 is 1.62 bits per heavy atom. The summed E-state index contributed by atoms with van der Waals surface area (Å²) in [6.07, 6.45) is 3.36. The van der Waals surface area contributed by atoms with Gasteiger partial charge in [0, 0.05) is 11.5 Å². The molecule has 0 spiro atoms. The first-order valence-electron chi connectivity index (χ1n) is 5.05. The number of rotatable bonds is 5. The molecule has 0 unspecified atom stereocenters. The van der Waals surface area contributed by atoms with E-state index >= 15 is 0 Å². The lowest BCUT2D eigenvalue weighted by molar-refractivity contribution is -0.151. The summed E-state index contributed by atoms with van der Waals surface area (Å²) in [5, 5.41) is 3.30. The number of amides is 1. The van der Waals surface area contributed by atoms with Crippen molar-refractivity contribution in [3.05, 3.63) is 22.1 Å². The van der Waals surface area contributed by atoms with E-state index in [1.165, 1.54) is 10.5 Å². The third kappa shape index (κ3) is 2.41. The zero-order valence-corrected chi connectivity index (χ0v) is 9.33. The van der Waals surface area contributed by atoms with Gasteiger partial charge >= 0.3 is 0 Å². The minimum atomic E-state index is -0.839. The fraction of sp³-hybridized carbons (Fsp3) is 0.600. The first kappa shape index (κ1) is 12.3. The maximum atomic E-state index is 11.5. The van der Waals surface area contributed by atoms with Gasteiger partial charge in [0.2, 0.25) is 5.91 Å². The summed E-state index contributed by atoms with van der Waals surface area (Å²) in [6.45, 7) is 4.43. The molecule has 2 atom stereocenters. The Morgan fingerprint density at radius 3 is 2.81 bits per heavy atom. The Morgan fingerprint density at radius 2 is 2.31 bits per heavy atom. The second kappa shape index (κ2) is 5.32. The van der Waals surface area contributed by atoms with Crippen LogP contribution in [0.1, 0.15) is 20.3 Å². The molecule has 1 aliphatic rings. The molecule has 0 saturated carbocycles. The van der Waals surface area contributed by atoms with E-state index in [1.54, 1.807) is 0 Å². The van der Waals surface area contributed by atoms with E-state index < -0.39 is 12.1 Å². The number of nitrogens with zero attached hydrogens (tertiary/aromatic N) is 4. The minimum absolute atomic E-state index is 0.267. The highest BCUT2D eigenvalue weighted by molar-refractivity contribution is 5.96. The second-order valence-corrected chi connectivity index (χ2v) is 3.88. The zero-order chi connectivity index (χ0) is 12.1. The van der Waals surface area contributed by atoms with E-state index in [0.29, 0.717) is 19.3 Å². The lowest BCUT2D eigenvalue weighted by atomic mass is 9.97. The molecule has 1 fully saturated rings. The molecule has 86 valence electrons. The molecule has 1 heterocycles. The number of hydrogen-bond acceptors (Lipinski definition) is 3. The molecule has 1 saturated heterocycles. The summed E-state index contributed by atoms with van der Waals surface area (Å²) in [7, 11) is 0. The van der Waals surface area contributed by atoms with Gasteiger partial charge in [0.15, 0.2) is 0 Å². The Kier molecular flexibility index (Phi) is 4.08. The number of carbonyl (C=O) groups excluding carboxylic acids is 2. The van der Waals surface area contributed by atoms with Gasteiger partial charge < -0.3 is 9.69 Å². The van der Waals surface area contributed by atoms with Crippen LogP contribution in [0, 0.1) is 0 Å². The summed E-state index contributed by atoms with van der Waals surface area (Å²) in [5.41, 5.74) is 9.40. The molecule has 0 radical (unpaired) electrons. The van der Waals surface area contributed by atoms with Gasteiger partial charge in [-0.15, -0.1) is 0 Å². The molecular weight excluding hydrogens is 208 g/mol. The van der Waals surface area contributed by atoms with Crippen molar-refractivity contribution in [2.45, 2.75) is 32.4 Å². The van der Waals surface area contributed by atoms with Crippen molar-refractivity contribution >= 4 is 12.2 Å². The molecule has 0 aromatic rings. The summed E-state index contributed by atoms with van der Waals surface area (Å²) in [6, 6.07) is -1.43. The maximum absolute atomic E-state index is 11.5. The molecular formula is C10H14N4O2. The first-order valence-corrected chi connectivity index (χ1v) is 5.05. The fourth-order valence-electron chi connectivity index (χ4n) is 1.62. The third-order valence-electron chi connectivity index (χ3n) is 2.46. The van der Waals surface area contributed by atoms with Crippen molar-refractivity contribution in [2.24, 2.45) is 5.11 Å². The Hall–Kier alpha value is -1.81. The van der Waals surface area contributed by atoms with E-state index in [2.05, 4.69) is 10.0 Å². The first-order chi connectivity index (χ1) is 7.61. The van der Waals surface area contributed by atoms with Crippen LogP contribution >= 0.6 is 0 Å². The number of allylic oxidation sites excluding steroid dienone is 1. The van der Waals surface area contributed by atoms with Crippen LogP contribution in [0.5, 0.6) is 0 Å². The summed E-state index contributed by atoms with van der Waals surface area (Å²) in [4.78, 5) is 26.2. The number of β-lactam (4-membered cyclic amide) rings is 1. The molecule has 0 bridgehead atoms. The SMILES string of the molecule is CC(C)=CCCN1C(=O)[C@@H](N=[N+]=[N-])[C@@H]1C=O. The summed E-state index contributed by atoms with van der Waals surface area (Å²) in [5.74, 6) is -0.267. The molecule has 6 heteroatoms. The third-order valence-corrected chi connectivity index (χ3v) is 2.46. The van der Waals surface area contributed by atoms with Crippen LogP contribution in [-0.4, -0.2) is 35.7 Å². The Bertz CT molecular complexity index is 367. The topological polar surface area (TPSA) is 86.1 Å². The van der Waals surface area contributed by atoms with Crippen molar-refractivity contribution in [3.8, 4) is 0 Å². The van der Waals surface area contributed by atoms with E-state index in [4.69, 9.17) is 5.53 Å². The number of hydrogen-bond donors (Lipinski definition) is 0. The van der Waals surface area contributed by atoms with Gasteiger partial charge in [0.1, 0.15) is 18.4 Å². The van der Waals surface area contributed by atoms with Crippen LogP contribution in [0.2, 0.25) is 0 Å². The van der Waals surface area contributed by atoms with Gasteiger partial charge in [-0.3, -0.25) is 4.79 Å². The van der Waals surface area contributed by atoms with Crippen LogP contribution in [-0.2, 0) is 9.59 Å². The van der Waals surface area contributed by atoms with Crippen LogP contribution in [0.4, 0.5) is 0 Å². The number of aldehydes is 1. The Labute approximate surface area is 93.5 Å². The Balaban J connectivity index is 2.56. The van der Waals surface area contributed by atoms with Gasteiger partial charge in [-0.25, -0.2) is 0 Å². The lowest BCUT2D eigenvalue weighted by Crippen LogP contribution is -2.64. The van der Waals surface area contributed by atoms with E-state index in [9.17, 15) is 9.59 Å². The highest BCUT2D eigenvalue weighted by atomic mass is 16.2. The normalized spacial score (nSPS) is 23.1. The van der Waals surface area contributed by atoms with Crippen LogP contribution in [0.3, 0.4) is 0 Å². The lowest BCUT2D eigenvalue weighted by Gasteiger charge is -2.41. The highest BCUT2D eigenvalue weighted by Crippen LogP contribution is 2.22. The average Bonchev–Trinajstić information content (AvgIpc) is 2.25. The molecule has 1 aliphatic heterocycles. The number of likely N-dealkylation sites (tertiary alicyclic amines) is 1. The molecule has 0 aromatic carbocycles. The van der Waals surface area contributed by atoms with E-state index in [1.807, 2.05) is 19.9 Å². The van der Waals surface area contributed by atoms with Crippen molar-refractivity contribution in [3.63, 3.8) is 0 Å². The van der Waals surface area contributed by atoms with Crippen molar-refractivity contribution in [2.75, 3.05) is 6.54 Å². The summed E-state index contributed by atoms with van der Waals surface area (Å²) >= 11 is 0. The van der Waals surface area contributed by atoms with Gasteiger partial charge in [0.25, 0.3) is 0 Å². The predicted molar refractivity (Wildman–Crippen MR) is 58.5 cm³/mol. The fourth-order valence-corrected chi connectivity index (χ4v) is 1.62. The van der Waals surface area contributed by atoms with E-state index in [0.717, 1.165) is 0 Å². The van der Waals surface area contributed by atoms with Crippen LogP contribution in [0.15, 0.2) is 16.8 Å². The van der Waals surface area contributed by atoms with Crippen LogP contribution < -0.4 is 0 Å². The van der Waals surface area contributed by atoms with Gasteiger partial charge in [-0.2, -0.15) is 0 Å². The molecule has 1 amide bonds. The highest BCUT2D eigenvalue weighted by Gasteiger charge is 2.46. The average molecular weight is 222 g/mol. The number of azide groups is 1. The minimum Gasteiger partial charge on any atom is -0.331 e. The standard InChI is InChI=1S/C10H14N4O2/c1-7(2)4-3-5-14-8(6-15)9(10(14)16)12-13-11/h4,6,8-9H,3,5H2,1-2H3/t8-,9-/m0/s1. The predicted octanol–water partition coefficient (Wildman–Crippen LogP) is 1.43. The molecule has 0 N–H and O–H groups in total. The van der Waals surface area contributed by atoms with Crippen molar-refractivity contribution < 1.29 is 9.59 Å². The molecule has 6 nitrogen and oxygen atoms in total. The zero-order valence-electron chi connectivity index (χ0n) is 9.33. The van der Waals surface area contributed by atoms with Crippen molar-refractivity contribution in [1.29, 1.82) is 0 Å². The van der Waals surface area contributed by atoms with E-state index in [-0.39, 0.29) is 5.91 Å². The maximum Gasteiger partial charge on any atom is 0.234 e. The van der Waals surface area contributed by atoms with Gasteiger partial charge in [-0.1, -0.05) is 16.8 Å².